The van der Waals surface area contributed by atoms with Crippen LogP contribution in [0.15, 0.2) is 48.7 Å². The Labute approximate surface area is 229 Å². The maximum Gasteiger partial charge on any atom is 0.306 e. The van der Waals surface area contributed by atoms with Gasteiger partial charge in [0, 0.05) is 17.7 Å². The lowest BCUT2D eigenvalue weighted by Crippen LogP contribution is -2.22. The number of ether oxygens (including phenoxy) is 2. The van der Waals surface area contributed by atoms with Crippen molar-refractivity contribution < 1.29 is 23.8 Å². The van der Waals surface area contributed by atoms with Crippen LogP contribution in [0.4, 0.5) is 4.39 Å². The van der Waals surface area contributed by atoms with Gasteiger partial charge in [-0.3, -0.25) is 4.79 Å². The number of methoxy groups -OCH3 is 1. The maximum absolute atomic E-state index is 14.9. The molecule has 1 N–H and O–H groups in total. The number of nitrogens with zero attached hydrogens (tertiary/aromatic N) is 2. The molecule has 0 bridgehead atoms. The molecule has 0 amide bonds. The van der Waals surface area contributed by atoms with Crippen molar-refractivity contribution in [3.63, 3.8) is 0 Å². The van der Waals surface area contributed by atoms with E-state index in [1.807, 2.05) is 33.2 Å². The van der Waals surface area contributed by atoms with E-state index in [9.17, 15) is 14.3 Å². The molecule has 4 atom stereocenters. The minimum atomic E-state index is -0.755. The molecule has 1 fully saturated rings. The van der Waals surface area contributed by atoms with Gasteiger partial charge in [-0.15, -0.1) is 0 Å². The van der Waals surface area contributed by atoms with Gasteiger partial charge >= 0.3 is 5.97 Å². The molecule has 0 saturated heterocycles. The molecule has 0 spiro atoms. The largest absolute Gasteiger partial charge is 0.485 e. The van der Waals surface area contributed by atoms with Crippen molar-refractivity contribution in [3.8, 4) is 22.8 Å². The summed E-state index contributed by atoms with van der Waals surface area (Å²) in [6.45, 7) is 3.91. The van der Waals surface area contributed by atoms with E-state index in [2.05, 4.69) is 41.1 Å². The highest BCUT2D eigenvalue weighted by Gasteiger charge is 2.39. The number of carboxylic acids is 1. The summed E-state index contributed by atoms with van der Waals surface area (Å²) in [6, 6.07) is 14.0. The Morgan fingerprint density at radius 2 is 1.87 bits per heavy atom. The van der Waals surface area contributed by atoms with E-state index in [1.54, 1.807) is 6.07 Å². The number of hydrogen-bond acceptors (Lipinski definition) is 5. The first-order valence-corrected chi connectivity index (χ1v) is 13.7. The molecule has 2 heterocycles. The fraction of sp³-hybridized carbons (Fsp3) is 0.438. The van der Waals surface area contributed by atoms with E-state index in [0.717, 1.165) is 59.3 Å². The number of carboxylic acid groups (broad SMARTS) is 1. The first kappa shape index (κ1) is 27.1. The van der Waals surface area contributed by atoms with Gasteiger partial charge in [0.15, 0.2) is 0 Å². The molecule has 6 nitrogen and oxygen atoms in total. The van der Waals surface area contributed by atoms with Crippen LogP contribution < -0.4 is 9.47 Å². The minimum absolute atomic E-state index is 0.00384. The number of halogens is 1. The zero-order chi connectivity index (χ0) is 27.8. The number of benzene rings is 2. The fourth-order valence-electron chi connectivity index (χ4n) is 5.79. The number of aliphatic carboxylic acids is 1. The summed E-state index contributed by atoms with van der Waals surface area (Å²) in [6.07, 6.45) is 4.90. The Morgan fingerprint density at radius 1 is 1.10 bits per heavy atom. The standard InChI is InChI=1S/C32H37FN2O4/c1-18(32(36)37)31(21-7-8-21)23-9-6-20-11-13-28(39-29(20)15-23)22-10-12-24(25(14-22)19(2)35(3)4)26-16-30(38-5)34-17-27(26)33/h6,9-10,12,14-19,21,28,31H,7-8,11,13H2,1-5H3,(H,36,37)/t18-,19+,28?,31-/m0/s1. The van der Waals surface area contributed by atoms with Crippen molar-refractivity contribution in [2.75, 3.05) is 21.2 Å². The summed E-state index contributed by atoms with van der Waals surface area (Å²) < 4.78 is 26.8. The van der Waals surface area contributed by atoms with Crippen molar-refractivity contribution >= 4 is 5.97 Å². The van der Waals surface area contributed by atoms with E-state index in [-0.39, 0.29) is 18.1 Å². The lowest BCUT2D eigenvalue weighted by atomic mass is 9.82. The normalized spacial score (nSPS) is 19.1. The number of fused-ring (bicyclic) bond motifs is 1. The molecule has 2 aliphatic rings. The third kappa shape index (κ3) is 5.50. The van der Waals surface area contributed by atoms with Gasteiger partial charge in [0.25, 0.3) is 0 Å². The van der Waals surface area contributed by atoms with E-state index in [1.165, 1.54) is 13.3 Å². The minimum Gasteiger partial charge on any atom is -0.485 e. The predicted molar refractivity (Wildman–Crippen MR) is 149 cm³/mol. The monoisotopic (exact) mass is 532 g/mol. The summed E-state index contributed by atoms with van der Waals surface area (Å²) in [5, 5.41) is 9.71. The van der Waals surface area contributed by atoms with Crippen LogP contribution in [0.3, 0.4) is 0 Å². The Hall–Kier alpha value is -3.45. The number of rotatable bonds is 9. The van der Waals surface area contributed by atoms with Gasteiger partial charge in [-0.2, -0.15) is 0 Å². The van der Waals surface area contributed by atoms with Crippen LogP contribution in [0.1, 0.15) is 73.4 Å². The van der Waals surface area contributed by atoms with E-state index >= 15 is 0 Å². The molecule has 3 aromatic rings. The van der Waals surface area contributed by atoms with Crippen molar-refractivity contribution in [3.05, 3.63) is 76.7 Å². The predicted octanol–water partition coefficient (Wildman–Crippen LogP) is 6.80. The molecule has 1 aliphatic carbocycles. The van der Waals surface area contributed by atoms with Crippen LogP contribution in [-0.4, -0.2) is 42.2 Å². The molecule has 5 rings (SSSR count). The molecule has 206 valence electrons. The average Bonchev–Trinajstić information content (AvgIpc) is 3.77. The van der Waals surface area contributed by atoms with Crippen molar-refractivity contribution in [1.82, 2.24) is 9.88 Å². The van der Waals surface area contributed by atoms with Gasteiger partial charge < -0.3 is 19.5 Å². The third-order valence-electron chi connectivity index (χ3n) is 8.48. The quantitative estimate of drug-likeness (QED) is 0.327. The number of hydrogen-bond donors (Lipinski definition) is 1. The number of aryl methyl sites for hydroxylation is 1. The second-order valence-electron chi connectivity index (χ2n) is 11.2. The average molecular weight is 533 g/mol. The van der Waals surface area contributed by atoms with Gasteiger partial charge in [0.05, 0.1) is 19.2 Å². The zero-order valence-corrected chi connectivity index (χ0v) is 23.3. The second-order valence-corrected chi connectivity index (χ2v) is 11.2. The zero-order valence-electron chi connectivity index (χ0n) is 23.3. The highest BCUT2D eigenvalue weighted by molar-refractivity contribution is 5.71. The molecule has 1 saturated carbocycles. The van der Waals surface area contributed by atoms with Gasteiger partial charge in [-0.05, 0) is 98.5 Å². The molecule has 1 aromatic heterocycles. The lowest BCUT2D eigenvalue weighted by molar-refractivity contribution is -0.142. The molecule has 1 aliphatic heterocycles. The van der Waals surface area contributed by atoms with Crippen molar-refractivity contribution in [2.24, 2.45) is 11.8 Å². The van der Waals surface area contributed by atoms with Crippen molar-refractivity contribution in [1.29, 1.82) is 0 Å². The SMILES string of the molecule is COc1cc(-c2ccc(C3CCc4ccc([C@H](C5CC5)[C@H](C)C(=O)O)cc4O3)cc2[C@@H](C)N(C)C)c(F)cn1. The van der Waals surface area contributed by atoms with Crippen LogP contribution in [0.2, 0.25) is 0 Å². The summed E-state index contributed by atoms with van der Waals surface area (Å²) in [7, 11) is 5.54. The van der Waals surface area contributed by atoms with E-state index in [0.29, 0.717) is 17.4 Å². The molecule has 1 unspecified atom stereocenters. The van der Waals surface area contributed by atoms with Crippen LogP contribution >= 0.6 is 0 Å². The van der Waals surface area contributed by atoms with Gasteiger partial charge in [0.1, 0.15) is 17.7 Å². The summed E-state index contributed by atoms with van der Waals surface area (Å²) in [4.78, 5) is 17.9. The van der Waals surface area contributed by atoms with Crippen LogP contribution in [0, 0.1) is 17.7 Å². The summed E-state index contributed by atoms with van der Waals surface area (Å²) in [5.41, 5.74) is 5.49. The van der Waals surface area contributed by atoms with Gasteiger partial charge in [0.2, 0.25) is 5.88 Å². The molecule has 0 radical (unpaired) electrons. The highest BCUT2D eigenvalue weighted by Crippen LogP contribution is 2.48. The van der Waals surface area contributed by atoms with E-state index < -0.39 is 17.7 Å². The Bertz CT molecular complexity index is 1370. The number of aromatic nitrogens is 1. The molecule has 2 aromatic carbocycles. The van der Waals surface area contributed by atoms with Crippen LogP contribution in [-0.2, 0) is 11.2 Å². The van der Waals surface area contributed by atoms with Crippen molar-refractivity contribution in [2.45, 2.75) is 57.6 Å². The first-order chi connectivity index (χ1) is 18.7. The topological polar surface area (TPSA) is 71.9 Å². The van der Waals surface area contributed by atoms with Crippen LogP contribution in [0.5, 0.6) is 11.6 Å². The number of carbonyl (C=O) groups is 1. The Kier molecular flexibility index (Phi) is 7.63. The Morgan fingerprint density at radius 3 is 2.54 bits per heavy atom. The first-order valence-electron chi connectivity index (χ1n) is 13.7. The van der Waals surface area contributed by atoms with Gasteiger partial charge in [-0.25, -0.2) is 9.37 Å². The smallest absolute Gasteiger partial charge is 0.306 e. The second kappa shape index (κ2) is 11.0. The Balaban J connectivity index is 1.49. The van der Waals surface area contributed by atoms with Crippen LogP contribution in [0.25, 0.3) is 11.1 Å². The van der Waals surface area contributed by atoms with E-state index in [4.69, 9.17) is 9.47 Å². The summed E-state index contributed by atoms with van der Waals surface area (Å²) in [5.74, 6) is 0.0251. The lowest BCUT2D eigenvalue weighted by Gasteiger charge is -2.30. The molecule has 39 heavy (non-hydrogen) atoms. The highest BCUT2D eigenvalue weighted by atomic mass is 19.1. The molecular weight excluding hydrogens is 495 g/mol. The number of pyridine rings is 1. The fourth-order valence-corrected chi connectivity index (χ4v) is 5.79. The summed E-state index contributed by atoms with van der Waals surface area (Å²) >= 11 is 0. The third-order valence-corrected chi connectivity index (χ3v) is 8.48. The van der Waals surface area contributed by atoms with Gasteiger partial charge in [-0.1, -0.05) is 31.2 Å². The molecular formula is C32H37FN2O4. The maximum atomic E-state index is 14.9. The molecule has 7 heteroatoms.